The summed E-state index contributed by atoms with van der Waals surface area (Å²) in [7, 11) is 0. The van der Waals surface area contributed by atoms with Gasteiger partial charge in [0.15, 0.2) is 0 Å². The Bertz CT molecular complexity index is 500. The predicted molar refractivity (Wildman–Crippen MR) is 76.4 cm³/mol. The highest BCUT2D eigenvalue weighted by atomic mass is 16.5. The lowest BCUT2D eigenvalue weighted by molar-refractivity contribution is 0.481. The minimum Gasteiger partial charge on any atom is -0.457 e. The van der Waals surface area contributed by atoms with Gasteiger partial charge in [-0.15, -0.1) is 0 Å². The van der Waals surface area contributed by atoms with E-state index in [0.29, 0.717) is 5.92 Å². The summed E-state index contributed by atoms with van der Waals surface area (Å²) in [5, 5.41) is 0. The van der Waals surface area contributed by atoms with Crippen molar-refractivity contribution in [2.24, 2.45) is 0 Å². The molecule has 0 spiro atoms. The van der Waals surface area contributed by atoms with Crippen LogP contribution in [0.15, 0.2) is 48.5 Å². The van der Waals surface area contributed by atoms with Crippen molar-refractivity contribution in [2.75, 3.05) is 0 Å². The van der Waals surface area contributed by atoms with Crippen molar-refractivity contribution in [2.45, 2.75) is 33.1 Å². The van der Waals surface area contributed by atoms with Crippen LogP contribution in [0.4, 0.5) is 0 Å². The molecule has 0 bridgehead atoms. The Morgan fingerprint density at radius 3 is 2.28 bits per heavy atom. The molecule has 0 N–H and O–H groups in total. The lowest BCUT2D eigenvalue weighted by Gasteiger charge is -2.12. The second-order valence-corrected chi connectivity index (χ2v) is 4.83. The van der Waals surface area contributed by atoms with Gasteiger partial charge in [0, 0.05) is 0 Å². The van der Waals surface area contributed by atoms with E-state index >= 15 is 0 Å². The van der Waals surface area contributed by atoms with E-state index in [1.807, 2.05) is 30.3 Å². The Hall–Kier alpha value is -1.76. The van der Waals surface area contributed by atoms with Gasteiger partial charge in [0.05, 0.1) is 0 Å². The lowest BCUT2D eigenvalue weighted by Crippen LogP contribution is -1.93. The van der Waals surface area contributed by atoms with Crippen LogP contribution in [0.1, 0.15) is 37.8 Å². The average molecular weight is 240 g/mol. The molecule has 2 aromatic carbocycles. The predicted octanol–water partition coefficient (Wildman–Crippen LogP) is 5.16. The third-order valence-electron chi connectivity index (χ3n) is 3.04. The topological polar surface area (TPSA) is 9.23 Å². The van der Waals surface area contributed by atoms with E-state index in [9.17, 15) is 0 Å². The summed E-state index contributed by atoms with van der Waals surface area (Å²) >= 11 is 0. The van der Waals surface area contributed by atoms with Gasteiger partial charge >= 0.3 is 0 Å². The summed E-state index contributed by atoms with van der Waals surface area (Å²) in [5.74, 6) is 2.35. The van der Waals surface area contributed by atoms with Gasteiger partial charge in [0.1, 0.15) is 11.5 Å². The number of para-hydroxylation sites is 1. The van der Waals surface area contributed by atoms with E-state index in [4.69, 9.17) is 4.74 Å². The summed E-state index contributed by atoms with van der Waals surface area (Å²) in [5.41, 5.74) is 2.66. The first-order chi connectivity index (χ1) is 8.69. The normalized spacial score (nSPS) is 10.7. The van der Waals surface area contributed by atoms with Gasteiger partial charge in [-0.25, -0.2) is 0 Å². The Morgan fingerprint density at radius 2 is 1.67 bits per heavy atom. The van der Waals surface area contributed by atoms with Gasteiger partial charge in [-0.05, 0) is 47.7 Å². The van der Waals surface area contributed by atoms with Crippen LogP contribution >= 0.6 is 0 Å². The molecular weight excluding hydrogens is 220 g/mol. The number of hydrogen-bond acceptors (Lipinski definition) is 1. The van der Waals surface area contributed by atoms with E-state index in [1.165, 1.54) is 11.1 Å². The maximum absolute atomic E-state index is 5.91. The van der Waals surface area contributed by atoms with Crippen LogP contribution < -0.4 is 4.74 Å². The molecule has 1 nitrogen and oxygen atoms in total. The molecule has 18 heavy (non-hydrogen) atoms. The summed E-state index contributed by atoms with van der Waals surface area (Å²) in [6.07, 6.45) is 1.03. The van der Waals surface area contributed by atoms with Crippen LogP contribution in [0.25, 0.3) is 0 Å². The standard InChI is InChI=1S/C17H20O/c1-4-14-10-15(13(2)3)12-17(11-14)18-16-8-6-5-7-9-16/h5-13H,4H2,1-3H3. The van der Waals surface area contributed by atoms with E-state index in [-0.39, 0.29) is 0 Å². The van der Waals surface area contributed by atoms with Crippen molar-refractivity contribution < 1.29 is 4.74 Å². The molecule has 2 rings (SSSR count). The molecule has 0 fully saturated rings. The maximum Gasteiger partial charge on any atom is 0.127 e. The Morgan fingerprint density at radius 1 is 0.944 bits per heavy atom. The lowest BCUT2D eigenvalue weighted by atomic mass is 9.99. The zero-order valence-corrected chi connectivity index (χ0v) is 11.3. The largest absolute Gasteiger partial charge is 0.457 e. The molecule has 0 aliphatic heterocycles. The molecule has 1 heteroatoms. The van der Waals surface area contributed by atoms with Crippen LogP contribution in [-0.2, 0) is 6.42 Å². The molecule has 0 saturated heterocycles. The van der Waals surface area contributed by atoms with Gasteiger partial charge in [-0.2, -0.15) is 0 Å². The first-order valence-electron chi connectivity index (χ1n) is 6.56. The molecule has 2 aromatic rings. The summed E-state index contributed by atoms with van der Waals surface area (Å²) in [6, 6.07) is 16.5. The van der Waals surface area contributed by atoms with Crippen molar-refractivity contribution in [3.05, 3.63) is 59.7 Å². The third kappa shape index (κ3) is 3.13. The fourth-order valence-electron chi connectivity index (χ4n) is 1.91. The highest BCUT2D eigenvalue weighted by Gasteiger charge is 2.05. The van der Waals surface area contributed by atoms with Gasteiger partial charge in [0.2, 0.25) is 0 Å². The summed E-state index contributed by atoms with van der Waals surface area (Å²) in [4.78, 5) is 0. The maximum atomic E-state index is 5.91. The Kier molecular flexibility index (Phi) is 4.03. The van der Waals surface area contributed by atoms with Crippen LogP contribution in [0, 0.1) is 0 Å². The molecule has 0 heterocycles. The summed E-state index contributed by atoms with van der Waals surface area (Å²) < 4.78 is 5.91. The number of aryl methyl sites for hydroxylation is 1. The Labute approximate surface area is 109 Å². The SMILES string of the molecule is CCc1cc(Oc2ccccc2)cc(C(C)C)c1. The highest BCUT2D eigenvalue weighted by Crippen LogP contribution is 2.27. The first kappa shape index (κ1) is 12.7. The van der Waals surface area contributed by atoms with E-state index < -0.39 is 0 Å². The van der Waals surface area contributed by atoms with E-state index in [2.05, 4.69) is 39.0 Å². The zero-order valence-electron chi connectivity index (χ0n) is 11.3. The monoisotopic (exact) mass is 240 g/mol. The van der Waals surface area contributed by atoms with Gasteiger partial charge < -0.3 is 4.74 Å². The minimum absolute atomic E-state index is 0.523. The number of hydrogen-bond donors (Lipinski definition) is 0. The van der Waals surface area contributed by atoms with Crippen LogP contribution in [-0.4, -0.2) is 0 Å². The molecule has 94 valence electrons. The molecule has 0 aliphatic carbocycles. The molecule has 0 amide bonds. The van der Waals surface area contributed by atoms with Gasteiger partial charge in [-0.1, -0.05) is 45.0 Å². The highest BCUT2D eigenvalue weighted by molar-refractivity contribution is 5.39. The van der Waals surface area contributed by atoms with Crippen molar-refractivity contribution in [3.63, 3.8) is 0 Å². The van der Waals surface area contributed by atoms with Crippen molar-refractivity contribution in [3.8, 4) is 11.5 Å². The molecule has 0 unspecified atom stereocenters. The molecule has 0 radical (unpaired) electrons. The zero-order chi connectivity index (χ0) is 13.0. The molecular formula is C17H20O. The molecule has 0 aromatic heterocycles. The van der Waals surface area contributed by atoms with Crippen LogP contribution in [0.5, 0.6) is 11.5 Å². The first-order valence-corrected chi connectivity index (χ1v) is 6.56. The molecule has 0 aliphatic rings. The van der Waals surface area contributed by atoms with E-state index in [0.717, 1.165) is 17.9 Å². The second kappa shape index (κ2) is 5.72. The smallest absolute Gasteiger partial charge is 0.127 e. The third-order valence-corrected chi connectivity index (χ3v) is 3.04. The molecule has 0 saturated carbocycles. The van der Waals surface area contributed by atoms with Crippen molar-refractivity contribution in [1.29, 1.82) is 0 Å². The summed E-state index contributed by atoms with van der Waals surface area (Å²) in [6.45, 7) is 6.59. The second-order valence-electron chi connectivity index (χ2n) is 4.83. The van der Waals surface area contributed by atoms with Crippen LogP contribution in [0.3, 0.4) is 0 Å². The van der Waals surface area contributed by atoms with Gasteiger partial charge in [0.25, 0.3) is 0 Å². The van der Waals surface area contributed by atoms with E-state index in [1.54, 1.807) is 0 Å². The van der Waals surface area contributed by atoms with Gasteiger partial charge in [-0.3, -0.25) is 0 Å². The Balaban J connectivity index is 2.30. The minimum atomic E-state index is 0.523. The fraction of sp³-hybridized carbons (Fsp3) is 0.294. The van der Waals surface area contributed by atoms with Crippen molar-refractivity contribution >= 4 is 0 Å². The van der Waals surface area contributed by atoms with Crippen LogP contribution in [0.2, 0.25) is 0 Å². The quantitative estimate of drug-likeness (QED) is 0.716. The fourth-order valence-corrected chi connectivity index (χ4v) is 1.91. The molecule has 0 atom stereocenters. The average Bonchev–Trinajstić information content (AvgIpc) is 2.39. The van der Waals surface area contributed by atoms with Crippen molar-refractivity contribution in [1.82, 2.24) is 0 Å². The number of ether oxygens (including phenoxy) is 1. The number of benzene rings is 2. The number of rotatable bonds is 4.